The molecule has 158 valence electrons. The SMILES string of the molecule is COCC(C)NC(=NCCc1ccco1)NC1CCN(Cc2ccccc2)CC1. The van der Waals surface area contributed by atoms with Crippen molar-refractivity contribution in [1.82, 2.24) is 15.5 Å². The van der Waals surface area contributed by atoms with Gasteiger partial charge in [0.15, 0.2) is 5.96 Å². The van der Waals surface area contributed by atoms with Crippen LogP contribution in [0.4, 0.5) is 0 Å². The summed E-state index contributed by atoms with van der Waals surface area (Å²) in [6.07, 6.45) is 4.74. The van der Waals surface area contributed by atoms with Crippen LogP contribution in [-0.2, 0) is 17.7 Å². The van der Waals surface area contributed by atoms with Crippen molar-refractivity contribution in [2.24, 2.45) is 4.99 Å². The van der Waals surface area contributed by atoms with Crippen LogP contribution < -0.4 is 10.6 Å². The second-order valence-corrected chi connectivity index (χ2v) is 7.74. The Hall–Kier alpha value is -2.31. The summed E-state index contributed by atoms with van der Waals surface area (Å²) in [4.78, 5) is 7.30. The van der Waals surface area contributed by atoms with Crippen LogP contribution in [0.5, 0.6) is 0 Å². The molecule has 0 saturated carbocycles. The Morgan fingerprint density at radius 3 is 2.69 bits per heavy atom. The van der Waals surface area contributed by atoms with E-state index in [-0.39, 0.29) is 6.04 Å². The number of nitrogens with zero attached hydrogens (tertiary/aromatic N) is 2. The maximum atomic E-state index is 5.41. The molecule has 1 unspecified atom stereocenters. The molecular weight excluding hydrogens is 364 g/mol. The Balaban J connectivity index is 1.49. The monoisotopic (exact) mass is 398 g/mol. The number of rotatable bonds is 9. The molecule has 3 rings (SSSR count). The molecule has 2 heterocycles. The minimum Gasteiger partial charge on any atom is -0.469 e. The normalized spacial score (nSPS) is 17.2. The summed E-state index contributed by atoms with van der Waals surface area (Å²) in [5, 5.41) is 7.10. The van der Waals surface area contributed by atoms with Crippen molar-refractivity contribution in [1.29, 1.82) is 0 Å². The molecule has 0 aliphatic carbocycles. The molecule has 1 fully saturated rings. The van der Waals surface area contributed by atoms with E-state index < -0.39 is 0 Å². The minimum absolute atomic E-state index is 0.202. The van der Waals surface area contributed by atoms with Gasteiger partial charge < -0.3 is 19.8 Å². The molecule has 1 aliphatic rings. The summed E-state index contributed by atoms with van der Waals surface area (Å²) < 4.78 is 10.7. The molecule has 1 aromatic heterocycles. The van der Waals surface area contributed by atoms with Crippen LogP contribution in [-0.4, -0.2) is 56.3 Å². The second kappa shape index (κ2) is 11.6. The van der Waals surface area contributed by atoms with Crippen LogP contribution in [0.1, 0.15) is 31.1 Å². The maximum absolute atomic E-state index is 5.41. The standard InChI is InChI=1S/C23H34N4O2/c1-19(18-28-2)25-23(24-13-10-22-9-6-16-29-22)26-21-11-14-27(15-12-21)17-20-7-4-3-5-8-20/h3-9,16,19,21H,10-15,17-18H2,1-2H3,(H2,24,25,26). The molecule has 1 aromatic carbocycles. The number of hydrogen-bond acceptors (Lipinski definition) is 4. The highest BCUT2D eigenvalue weighted by Crippen LogP contribution is 2.14. The van der Waals surface area contributed by atoms with Crippen LogP contribution in [0.3, 0.4) is 0 Å². The maximum Gasteiger partial charge on any atom is 0.191 e. The van der Waals surface area contributed by atoms with Crippen molar-refractivity contribution >= 4 is 5.96 Å². The van der Waals surface area contributed by atoms with E-state index in [0.717, 1.165) is 50.6 Å². The van der Waals surface area contributed by atoms with Gasteiger partial charge >= 0.3 is 0 Å². The fraction of sp³-hybridized carbons (Fsp3) is 0.522. The number of benzene rings is 1. The summed E-state index contributed by atoms with van der Waals surface area (Å²) in [5.41, 5.74) is 1.38. The van der Waals surface area contributed by atoms with Crippen LogP contribution in [0.2, 0.25) is 0 Å². The van der Waals surface area contributed by atoms with E-state index in [1.54, 1.807) is 13.4 Å². The summed E-state index contributed by atoms with van der Waals surface area (Å²) in [6.45, 7) is 6.67. The predicted molar refractivity (Wildman–Crippen MR) is 117 cm³/mol. The number of aliphatic imine (C=N–C) groups is 1. The molecule has 1 aliphatic heterocycles. The minimum atomic E-state index is 0.202. The number of hydrogen-bond donors (Lipinski definition) is 2. The number of furan rings is 1. The highest BCUT2D eigenvalue weighted by Gasteiger charge is 2.20. The molecule has 2 aromatic rings. The Morgan fingerprint density at radius 2 is 2.00 bits per heavy atom. The number of guanidine groups is 1. The largest absolute Gasteiger partial charge is 0.469 e. The average Bonchev–Trinajstić information content (AvgIpc) is 3.24. The molecule has 6 heteroatoms. The van der Waals surface area contributed by atoms with Gasteiger partial charge in [0.25, 0.3) is 0 Å². The molecule has 1 atom stereocenters. The van der Waals surface area contributed by atoms with E-state index in [9.17, 15) is 0 Å². The van der Waals surface area contributed by atoms with Crippen LogP contribution in [0, 0.1) is 0 Å². The van der Waals surface area contributed by atoms with E-state index in [1.165, 1.54) is 5.56 Å². The van der Waals surface area contributed by atoms with Gasteiger partial charge in [-0.2, -0.15) is 0 Å². The van der Waals surface area contributed by atoms with Gasteiger partial charge in [0.05, 0.1) is 12.9 Å². The third-order valence-corrected chi connectivity index (χ3v) is 5.19. The van der Waals surface area contributed by atoms with E-state index in [1.807, 2.05) is 12.1 Å². The lowest BCUT2D eigenvalue weighted by Crippen LogP contribution is -2.51. The smallest absolute Gasteiger partial charge is 0.191 e. The van der Waals surface area contributed by atoms with Crippen LogP contribution >= 0.6 is 0 Å². The molecule has 2 N–H and O–H groups in total. The van der Waals surface area contributed by atoms with Gasteiger partial charge in [-0.05, 0) is 37.5 Å². The van der Waals surface area contributed by atoms with Gasteiger partial charge in [-0.1, -0.05) is 30.3 Å². The predicted octanol–water partition coefficient (Wildman–Crippen LogP) is 3.06. The molecule has 0 spiro atoms. The fourth-order valence-corrected chi connectivity index (χ4v) is 3.66. The lowest BCUT2D eigenvalue weighted by Gasteiger charge is -2.33. The first-order valence-electron chi connectivity index (χ1n) is 10.6. The quantitative estimate of drug-likeness (QED) is 0.502. The lowest BCUT2D eigenvalue weighted by molar-refractivity contribution is 0.177. The zero-order chi connectivity index (χ0) is 20.3. The molecule has 1 saturated heterocycles. The summed E-state index contributed by atoms with van der Waals surface area (Å²) in [5.74, 6) is 1.83. The topological polar surface area (TPSA) is 62.0 Å². The van der Waals surface area contributed by atoms with Crippen molar-refractivity contribution in [3.05, 3.63) is 60.1 Å². The van der Waals surface area contributed by atoms with Gasteiger partial charge in [0.1, 0.15) is 5.76 Å². The summed E-state index contributed by atoms with van der Waals surface area (Å²) in [6, 6.07) is 15.3. The Bertz CT molecular complexity index is 710. The molecule has 29 heavy (non-hydrogen) atoms. The zero-order valence-corrected chi connectivity index (χ0v) is 17.6. The third-order valence-electron chi connectivity index (χ3n) is 5.19. The van der Waals surface area contributed by atoms with E-state index in [4.69, 9.17) is 14.1 Å². The first kappa shape index (κ1) is 21.4. The zero-order valence-electron chi connectivity index (χ0n) is 17.6. The first-order chi connectivity index (χ1) is 14.2. The van der Waals surface area contributed by atoms with Gasteiger partial charge in [-0.15, -0.1) is 0 Å². The van der Waals surface area contributed by atoms with Crippen molar-refractivity contribution in [2.45, 2.75) is 44.8 Å². The molecule has 0 amide bonds. The van der Waals surface area contributed by atoms with Crippen LogP contribution in [0.15, 0.2) is 58.1 Å². The Kier molecular flexibility index (Phi) is 8.58. The Labute approximate surface area is 174 Å². The third kappa shape index (κ3) is 7.55. The van der Waals surface area contributed by atoms with Gasteiger partial charge in [-0.3, -0.25) is 9.89 Å². The van der Waals surface area contributed by atoms with Gasteiger partial charge in [-0.25, -0.2) is 0 Å². The fourth-order valence-electron chi connectivity index (χ4n) is 3.66. The number of nitrogens with one attached hydrogen (secondary N) is 2. The Morgan fingerprint density at radius 1 is 1.21 bits per heavy atom. The van der Waals surface area contributed by atoms with E-state index >= 15 is 0 Å². The highest BCUT2D eigenvalue weighted by molar-refractivity contribution is 5.80. The van der Waals surface area contributed by atoms with E-state index in [2.05, 4.69) is 52.8 Å². The number of likely N-dealkylation sites (tertiary alicyclic amines) is 1. The van der Waals surface area contributed by atoms with Crippen LogP contribution in [0.25, 0.3) is 0 Å². The number of ether oxygens (including phenoxy) is 1. The molecular formula is C23H34N4O2. The van der Waals surface area contributed by atoms with Crippen molar-refractivity contribution in [3.8, 4) is 0 Å². The highest BCUT2D eigenvalue weighted by atomic mass is 16.5. The average molecular weight is 399 g/mol. The summed E-state index contributed by atoms with van der Waals surface area (Å²) >= 11 is 0. The summed E-state index contributed by atoms with van der Waals surface area (Å²) in [7, 11) is 1.72. The number of piperidine rings is 1. The van der Waals surface area contributed by atoms with Gasteiger partial charge in [0.2, 0.25) is 0 Å². The van der Waals surface area contributed by atoms with Gasteiger partial charge in [0, 0.05) is 51.8 Å². The molecule has 6 nitrogen and oxygen atoms in total. The van der Waals surface area contributed by atoms with Crippen molar-refractivity contribution in [2.75, 3.05) is 33.4 Å². The first-order valence-corrected chi connectivity index (χ1v) is 10.6. The lowest BCUT2D eigenvalue weighted by atomic mass is 10.0. The van der Waals surface area contributed by atoms with Crippen molar-refractivity contribution in [3.63, 3.8) is 0 Å². The number of methoxy groups -OCH3 is 1. The van der Waals surface area contributed by atoms with E-state index in [0.29, 0.717) is 19.2 Å². The molecule has 0 bridgehead atoms. The molecule has 0 radical (unpaired) electrons. The second-order valence-electron chi connectivity index (χ2n) is 7.74. The van der Waals surface area contributed by atoms with Crippen molar-refractivity contribution < 1.29 is 9.15 Å².